The number of likely N-dealkylation sites (tertiary alicyclic amines) is 1. The summed E-state index contributed by atoms with van der Waals surface area (Å²) < 4.78 is 11.3. The van der Waals surface area contributed by atoms with Crippen LogP contribution in [0.3, 0.4) is 0 Å². The molecule has 5 nitrogen and oxygen atoms in total. The topological polar surface area (TPSA) is 46.1 Å². The van der Waals surface area contributed by atoms with Crippen LogP contribution in [0.25, 0.3) is 0 Å². The average Bonchev–Trinajstić information content (AvgIpc) is 3.08. The number of benzene rings is 1. The zero-order chi connectivity index (χ0) is 17.0. The van der Waals surface area contributed by atoms with Crippen molar-refractivity contribution in [1.82, 2.24) is 10.2 Å². The van der Waals surface area contributed by atoms with Gasteiger partial charge in [-0.05, 0) is 25.8 Å². The molecule has 1 fully saturated rings. The highest BCUT2D eigenvalue weighted by atomic mass is 127. The van der Waals surface area contributed by atoms with E-state index in [9.17, 15) is 0 Å². The molecule has 0 aromatic heterocycles. The van der Waals surface area contributed by atoms with Crippen molar-refractivity contribution >= 4 is 29.9 Å². The molecular formula is C19H32IN3O2. The standard InChI is InChI=1S/C19H31N3O2.HI/c1-3-20-19(22-12-10-18(14-22)16-23-4-2)21-11-13-24-15-17-8-6-5-7-9-17;/h5-9,18H,3-4,10-16H2,1-2H3,(H,20,21);1H. The Morgan fingerprint density at radius 3 is 2.76 bits per heavy atom. The highest BCUT2D eigenvalue weighted by Gasteiger charge is 2.24. The molecule has 25 heavy (non-hydrogen) atoms. The Kier molecular flexibility index (Phi) is 11.9. The largest absolute Gasteiger partial charge is 0.381 e. The third-order valence-electron chi connectivity index (χ3n) is 4.09. The molecule has 1 aliphatic rings. The van der Waals surface area contributed by atoms with Gasteiger partial charge in [0, 0.05) is 32.2 Å². The number of nitrogens with zero attached hydrogens (tertiary/aromatic N) is 2. The molecule has 1 N–H and O–H groups in total. The minimum absolute atomic E-state index is 0. The summed E-state index contributed by atoms with van der Waals surface area (Å²) in [4.78, 5) is 7.04. The number of aliphatic imine (C=N–C) groups is 1. The van der Waals surface area contributed by atoms with Gasteiger partial charge in [-0.1, -0.05) is 30.3 Å². The first-order valence-electron chi connectivity index (χ1n) is 9.06. The maximum atomic E-state index is 5.71. The summed E-state index contributed by atoms with van der Waals surface area (Å²) in [7, 11) is 0. The van der Waals surface area contributed by atoms with Gasteiger partial charge in [0.2, 0.25) is 0 Å². The van der Waals surface area contributed by atoms with Crippen LogP contribution in [0.15, 0.2) is 35.3 Å². The molecule has 6 heteroatoms. The summed E-state index contributed by atoms with van der Waals surface area (Å²) in [5.41, 5.74) is 1.20. The fourth-order valence-electron chi connectivity index (χ4n) is 2.85. The van der Waals surface area contributed by atoms with Crippen LogP contribution in [-0.2, 0) is 16.1 Å². The van der Waals surface area contributed by atoms with Crippen molar-refractivity contribution in [3.05, 3.63) is 35.9 Å². The summed E-state index contributed by atoms with van der Waals surface area (Å²) in [6.07, 6.45) is 1.18. The number of rotatable bonds is 9. The van der Waals surface area contributed by atoms with Crippen molar-refractivity contribution in [3.8, 4) is 0 Å². The summed E-state index contributed by atoms with van der Waals surface area (Å²) in [5.74, 6) is 1.61. The molecule has 2 rings (SSSR count). The van der Waals surface area contributed by atoms with Crippen molar-refractivity contribution < 1.29 is 9.47 Å². The first-order valence-corrected chi connectivity index (χ1v) is 9.06. The highest BCUT2D eigenvalue weighted by molar-refractivity contribution is 14.0. The van der Waals surface area contributed by atoms with Gasteiger partial charge in [0.25, 0.3) is 0 Å². The maximum absolute atomic E-state index is 5.71. The summed E-state index contributed by atoms with van der Waals surface area (Å²) in [6.45, 7) is 10.7. The van der Waals surface area contributed by atoms with Crippen molar-refractivity contribution in [2.45, 2.75) is 26.9 Å². The predicted octanol–water partition coefficient (Wildman–Crippen LogP) is 3.15. The lowest BCUT2D eigenvalue weighted by atomic mass is 10.1. The normalized spacial score (nSPS) is 17.4. The number of hydrogen-bond acceptors (Lipinski definition) is 3. The zero-order valence-electron chi connectivity index (χ0n) is 15.4. The van der Waals surface area contributed by atoms with E-state index in [1.165, 1.54) is 12.0 Å². The summed E-state index contributed by atoms with van der Waals surface area (Å²) in [6, 6.07) is 10.2. The minimum atomic E-state index is 0. The Labute approximate surface area is 169 Å². The Balaban J connectivity index is 0.00000312. The van der Waals surface area contributed by atoms with E-state index in [0.29, 0.717) is 25.7 Å². The van der Waals surface area contributed by atoms with Gasteiger partial charge in [-0.3, -0.25) is 4.99 Å². The number of guanidine groups is 1. The molecule has 0 radical (unpaired) electrons. The van der Waals surface area contributed by atoms with E-state index >= 15 is 0 Å². The monoisotopic (exact) mass is 461 g/mol. The minimum Gasteiger partial charge on any atom is -0.381 e. The van der Waals surface area contributed by atoms with Crippen LogP contribution < -0.4 is 5.32 Å². The first kappa shape index (κ1) is 22.2. The van der Waals surface area contributed by atoms with Crippen LogP contribution in [0.2, 0.25) is 0 Å². The van der Waals surface area contributed by atoms with E-state index in [-0.39, 0.29) is 24.0 Å². The summed E-state index contributed by atoms with van der Waals surface area (Å²) in [5, 5.41) is 3.39. The number of nitrogens with one attached hydrogen (secondary N) is 1. The van der Waals surface area contributed by atoms with Crippen LogP contribution in [0.4, 0.5) is 0 Å². The lowest BCUT2D eigenvalue weighted by molar-refractivity contribution is 0.114. The second-order valence-corrected chi connectivity index (χ2v) is 6.03. The Hall–Kier alpha value is -0.860. The second kappa shape index (κ2) is 13.4. The third-order valence-corrected chi connectivity index (χ3v) is 4.09. The van der Waals surface area contributed by atoms with Crippen LogP contribution in [0.1, 0.15) is 25.8 Å². The van der Waals surface area contributed by atoms with E-state index in [1.807, 2.05) is 25.1 Å². The van der Waals surface area contributed by atoms with Gasteiger partial charge in [-0.15, -0.1) is 24.0 Å². The SMILES string of the molecule is CCNC(=NCCOCc1ccccc1)N1CCC(COCC)C1.I. The smallest absolute Gasteiger partial charge is 0.194 e. The quantitative estimate of drug-likeness (QED) is 0.266. The van der Waals surface area contributed by atoms with Gasteiger partial charge in [0.15, 0.2) is 5.96 Å². The van der Waals surface area contributed by atoms with Gasteiger partial charge in [0.05, 0.1) is 26.4 Å². The van der Waals surface area contributed by atoms with Gasteiger partial charge >= 0.3 is 0 Å². The van der Waals surface area contributed by atoms with E-state index in [1.54, 1.807) is 0 Å². The molecule has 0 bridgehead atoms. The molecule has 1 aromatic rings. The number of hydrogen-bond donors (Lipinski definition) is 1. The van der Waals surface area contributed by atoms with E-state index in [4.69, 9.17) is 14.5 Å². The average molecular weight is 461 g/mol. The van der Waals surface area contributed by atoms with Crippen molar-refractivity contribution in [2.75, 3.05) is 46.0 Å². The molecule has 0 spiro atoms. The van der Waals surface area contributed by atoms with Crippen molar-refractivity contribution in [2.24, 2.45) is 10.9 Å². The van der Waals surface area contributed by atoms with Gasteiger partial charge in [0.1, 0.15) is 0 Å². The predicted molar refractivity (Wildman–Crippen MR) is 114 cm³/mol. The molecule has 1 atom stereocenters. The zero-order valence-corrected chi connectivity index (χ0v) is 17.8. The van der Waals surface area contributed by atoms with Gasteiger partial charge < -0.3 is 19.7 Å². The van der Waals surface area contributed by atoms with Crippen LogP contribution in [-0.4, -0.2) is 56.9 Å². The summed E-state index contributed by atoms with van der Waals surface area (Å²) >= 11 is 0. The molecule has 1 unspecified atom stereocenters. The Morgan fingerprint density at radius 2 is 2.04 bits per heavy atom. The highest BCUT2D eigenvalue weighted by Crippen LogP contribution is 2.16. The van der Waals surface area contributed by atoms with Crippen molar-refractivity contribution in [3.63, 3.8) is 0 Å². The fourth-order valence-corrected chi connectivity index (χ4v) is 2.85. The molecule has 1 heterocycles. The maximum Gasteiger partial charge on any atom is 0.194 e. The second-order valence-electron chi connectivity index (χ2n) is 6.03. The molecule has 1 saturated heterocycles. The lowest BCUT2D eigenvalue weighted by Gasteiger charge is -2.21. The van der Waals surface area contributed by atoms with E-state index in [2.05, 4.69) is 29.3 Å². The first-order chi connectivity index (χ1) is 11.8. The van der Waals surface area contributed by atoms with Crippen LogP contribution in [0, 0.1) is 5.92 Å². The van der Waals surface area contributed by atoms with E-state index in [0.717, 1.165) is 38.8 Å². The molecular weight excluding hydrogens is 429 g/mol. The molecule has 0 aliphatic carbocycles. The van der Waals surface area contributed by atoms with E-state index < -0.39 is 0 Å². The van der Waals surface area contributed by atoms with Crippen LogP contribution in [0.5, 0.6) is 0 Å². The van der Waals surface area contributed by atoms with Gasteiger partial charge in [-0.25, -0.2) is 0 Å². The fraction of sp³-hybridized carbons (Fsp3) is 0.632. The molecule has 1 aromatic carbocycles. The molecule has 0 amide bonds. The Bertz CT molecular complexity index is 485. The lowest BCUT2D eigenvalue weighted by Crippen LogP contribution is -2.40. The molecule has 142 valence electrons. The van der Waals surface area contributed by atoms with Crippen LogP contribution >= 0.6 is 24.0 Å². The number of halogens is 1. The van der Waals surface area contributed by atoms with Crippen molar-refractivity contribution in [1.29, 1.82) is 0 Å². The molecule has 1 aliphatic heterocycles. The third kappa shape index (κ3) is 8.37. The van der Waals surface area contributed by atoms with Gasteiger partial charge in [-0.2, -0.15) is 0 Å². The molecule has 0 saturated carbocycles. The number of ether oxygens (including phenoxy) is 2. The Morgan fingerprint density at radius 1 is 1.24 bits per heavy atom.